The molecule has 0 atom stereocenters. The van der Waals surface area contributed by atoms with Gasteiger partial charge in [0.1, 0.15) is 5.82 Å². The zero-order valence-corrected chi connectivity index (χ0v) is 8.17. The van der Waals surface area contributed by atoms with Crippen molar-refractivity contribution in [3.63, 3.8) is 0 Å². The SMILES string of the molecule is CCc1cc(F)ccc1N(C)OC. The average Bonchev–Trinajstić information content (AvgIpc) is 2.16. The molecule has 1 aromatic carbocycles. The first kappa shape index (κ1) is 9.99. The van der Waals surface area contributed by atoms with Crippen molar-refractivity contribution in [1.29, 1.82) is 0 Å². The quantitative estimate of drug-likeness (QED) is 0.667. The van der Waals surface area contributed by atoms with Crippen molar-refractivity contribution in [2.45, 2.75) is 13.3 Å². The van der Waals surface area contributed by atoms with Gasteiger partial charge in [-0.1, -0.05) is 6.92 Å². The molecule has 0 bridgehead atoms. The highest BCUT2D eigenvalue weighted by Crippen LogP contribution is 2.20. The van der Waals surface area contributed by atoms with Gasteiger partial charge in [-0.2, -0.15) is 0 Å². The molecule has 13 heavy (non-hydrogen) atoms. The molecule has 0 saturated heterocycles. The fraction of sp³-hybridized carbons (Fsp3) is 0.400. The van der Waals surface area contributed by atoms with E-state index >= 15 is 0 Å². The lowest BCUT2D eigenvalue weighted by Crippen LogP contribution is -2.16. The highest BCUT2D eigenvalue weighted by Gasteiger charge is 2.06. The maximum atomic E-state index is 12.8. The largest absolute Gasteiger partial charge is 0.277 e. The normalized spacial score (nSPS) is 10.2. The van der Waals surface area contributed by atoms with Gasteiger partial charge in [0.2, 0.25) is 0 Å². The van der Waals surface area contributed by atoms with Crippen molar-refractivity contribution < 1.29 is 9.23 Å². The minimum Gasteiger partial charge on any atom is -0.277 e. The van der Waals surface area contributed by atoms with E-state index in [4.69, 9.17) is 4.84 Å². The molecule has 1 rings (SSSR count). The first-order chi connectivity index (χ1) is 6.19. The molecule has 0 amide bonds. The van der Waals surface area contributed by atoms with Crippen LogP contribution in [0.4, 0.5) is 10.1 Å². The Labute approximate surface area is 77.9 Å². The van der Waals surface area contributed by atoms with Crippen molar-refractivity contribution in [2.24, 2.45) is 0 Å². The summed E-state index contributed by atoms with van der Waals surface area (Å²) in [5.74, 6) is -0.204. The van der Waals surface area contributed by atoms with E-state index in [1.54, 1.807) is 25.3 Å². The molecule has 0 N–H and O–H groups in total. The molecule has 0 aromatic heterocycles. The van der Waals surface area contributed by atoms with Crippen LogP contribution in [0.5, 0.6) is 0 Å². The molecule has 0 aliphatic carbocycles. The maximum absolute atomic E-state index is 12.8. The van der Waals surface area contributed by atoms with Crippen LogP contribution < -0.4 is 5.06 Å². The molecule has 72 valence electrons. The molecule has 3 heteroatoms. The van der Waals surface area contributed by atoms with E-state index in [2.05, 4.69) is 0 Å². The first-order valence-electron chi connectivity index (χ1n) is 4.25. The van der Waals surface area contributed by atoms with Crippen molar-refractivity contribution in [1.82, 2.24) is 0 Å². The molecule has 0 heterocycles. The second kappa shape index (κ2) is 4.23. The second-order valence-electron chi connectivity index (χ2n) is 2.81. The molecule has 0 fully saturated rings. The molecule has 0 aliphatic rings. The van der Waals surface area contributed by atoms with Crippen molar-refractivity contribution >= 4 is 5.69 Å². The van der Waals surface area contributed by atoms with Crippen molar-refractivity contribution in [2.75, 3.05) is 19.2 Å². The number of nitrogens with zero attached hydrogens (tertiary/aromatic N) is 1. The zero-order chi connectivity index (χ0) is 9.84. The molecular formula is C10H14FNO. The Hall–Kier alpha value is -1.09. The number of aryl methyl sites for hydroxylation is 1. The summed E-state index contributed by atoms with van der Waals surface area (Å²) < 4.78 is 12.8. The van der Waals surface area contributed by atoms with Gasteiger partial charge >= 0.3 is 0 Å². The lowest BCUT2D eigenvalue weighted by atomic mass is 10.1. The van der Waals surface area contributed by atoms with Crippen LogP contribution in [0.3, 0.4) is 0 Å². The Bertz CT molecular complexity index is 288. The topological polar surface area (TPSA) is 12.5 Å². The zero-order valence-electron chi connectivity index (χ0n) is 8.17. The highest BCUT2D eigenvalue weighted by atomic mass is 19.1. The summed E-state index contributed by atoms with van der Waals surface area (Å²) in [5.41, 5.74) is 1.86. The first-order valence-corrected chi connectivity index (χ1v) is 4.25. The van der Waals surface area contributed by atoms with E-state index in [1.165, 1.54) is 12.1 Å². The molecule has 0 radical (unpaired) electrons. The minimum atomic E-state index is -0.204. The van der Waals surface area contributed by atoms with Gasteiger partial charge in [-0.3, -0.25) is 9.90 Å². The van der Waals surface area contributed by atoms with Crippen LogP contribution in [0, 0.1) is 5.82 Å². The fourth-order valence-corrected chi connectivity index (χ4v) is 1.24. The van der Waals surface area contributed by atoms with Gasteiger partial charge in [-0.25, -0.2) is 4.39 Å². The van der Waals surface area contributed by atoms with E-state index in [-0.39, 0.29) is 5.82 Å². The summed E-state index contributed by atoms with van der Waals surface area (Å²) >= 11 is 0. The molecule has 1 aromatic rings. The standard InChI is InChI=1S/C10H14FNO/c1-4-8-7-9(11)5-6-10(8)12(2)13-3/h5-7H,4H2,1-3H3. The third kappa shape index (κ3) is 2.18. The van der Waals surface area contributed by atoms with Crippen LogP contribution in [0.25, 0.3) is 0 Å². The molecule has 0 unspecified atom stereocenters. The predicted octanol–water partition coefficient (Wildman–Crippen LogP) is 2.39. The third-order valence-corrected chi connectivity index (χ3v) is 2.04. The predicted molar refractivity (Wildman–Crippen MR) is 51.2 cm³/mol. The van der Waals surface area contributed by atoms with Gasteiger partial charge in [-0.15, -0.1) is 0 Å². The number of benzene rings is 1. The van der Waals surface area contributed by atoms with Gasteiger partial charge in [-0.05, 0) is 30.2 Å². The number of hydroxylamine groups is 1. The van der Waals surface area contributed by atoms with Gasteiger partial charge in [0, 0.05) is 7.05 Å². The van der Waals surface area contributed by atoms with Gasteiger partial charge in [0.15, 0.2) is 0 Å². The van der Waals surface area contributed by atoms with Crippen LogP contribution in [0.1, 0.15) is 12.5 Å². The summed E-state index contributed by atoms with van der Waals surface area (Å²) in [6, 6.07) is 4.69. The third-order valence-electron chi connectivity index (χ3n) is 2.04. The lowest BCUT2D eigenvalue weighted by molar-refractivity contribution is 0.184. The number of hydrogen-bond donors (Lipinski definition) is 0. The highest BCUT2D eigenvalue weighted by molar-refractivity contribution is 5.51. The average molecular weight is 183 g/mol. The lowest BCUT2D eigenvalue weighted by Gasteiger charge is -2.18. The van der Waals surface area contributed by atoms with E-state index in [0.29, 0.717) is 0 Å². The molecular weight excluding hydrogens is 169 g/mol. The second-order valence-corrected chi connectivity index (χ2v) is 2.81. The Balaban J connectivity index is 3.05. The maximum Gasteiger partial charge on any atom is 0.123 e. The van der Waals surface area contributed by atoms with Crippen LogP contribution in [0.15, 0.2) is 18.2 Å². The van der Waals surface area contributed by atoms with Gasteiger partial charge in [0.05, 0.1) is 12.8 Å². The van der Waals surface area contributed by atoms with Gasteiger partial charge in [0.25, 0.3) is 0 Å². The van der Waals surface area contributed by atoms with Gasteiger partial charge < -0.3 is 0 Å². The minimum absolute atomic E-state index is 0.204. The summed E-state index contributed by atoms with van der Waals surface area (Å²) in [7, 11) is 3.38. The Morgan fingerprint density at radius 1 is 1.46 bits per heavy atom. The molecule has 0 aliphatic heterocycles. The number of anilines is 1. The molecule has 0 saturated carbocycles. The summed E-state index contributed by atoms with van der Waals surface area (Å²) in [6.07, 6.45) is 0.792. The van der Waals surface area contributed by atoms with E-state index in [1.807, 2.05) is 6.92 Å². The fourth-order valence-electron chi connectivity index (χ4n) is 1.24. The Morgan fingerprint density at radius 3 is 2.69 bits per heavy atom. The molecule has 0 spiro atoms. The Morgan fingerprint density at radius 2 is 2.15 bits per heavy atom. The van der Waals surface area contributed by atoms with Crippen molar-refractivity contribution in [3.05, 3.63) is 29.6 Å². The van der Waals surface area contributed by atoms with E-state index < -0.39 is 0 Å². The monoisotopic (exact) mass is 183 g/mol. The van der Waals surface area contributed by atoms with E-state index in [0.717, 1.165) is 17.7 Å². The number of rotatable bonds is 3. The van der Waals surface area contributed by atoms with Crippen LogP contribution in [-0.2, 0) is 11.3 Å². The van der Waals surface area contributed by atoms with Crippen molar-refractivity contribution in [3.8, 4) is 0 Å². The number of halogens is 1. The van der Waals surface area contributed by atoms with Crippen LogP contribution in [-0.4, -0.2) is 14.2 Å². The molecule has 2 nitrogen and oxygen atoms in total. The van der Waals surface area contributed by atoms with Crippen LogP contribution >= 0.6 is 0 Å². The summed E-state index contributed by atoms with van der Waals surface area (Å²) in [4.78, 5) is 5.03. The van der Waals surface area contributed by atoms with Crippen LogP contribution in [0.2, 0.25) is 0 Å². The Kier molecular flexibility index (Phi) is 3.25. The smallest absolute Gasteiger partial charge is 0.123 e. The number of hydrogen-bond acceptors (Lipinski definition) is 2. The van der Waals surface area contributed by atoms with E-state index in [9.17, 15) is 4.39 Å². The summed E-state index contributed by atoms with van der Waals surface area (Å²) in [6.45, 7) is 1.99. The summed E-state index contributed by atoms with van der Waals surface area (Å²) in [5, 5.41) is 1.62.